The highest BCUT2D eigenvalue weighted by Gasteiger charge is 2.27. The van der Waals surface area contributed by atoms with E-state index >= 15 is 0 Å². The molecule has 0 aromatic heterocycles. The van der Waals surface area contributed by atoms with Crippen LogP contribution in [0, 0.1) is 5.92 Å². The van der Waals surface area contributed by atoms with E-state index in [1.165, 1.54) is 12.8 Å². The van der Waals surface area contributed by atoms with Crippen LogP contribution >= 0.6 is 0 Å². The number of fused-ring (bicyclic) bond motifs is 1. The van der Waals surface area contributed by atoms with E-state index in [-0.39, 0.29) is 5.91 Å². The predicted octanol–water partition coefficient (Wildman–Crippen LogP) is 3.08. The van der Waals surface area contributed by atoms with Gasteiger partial charge >= 0.3 is 0 Å². The van der Waals surface area contributed by atoms with E-state index in [0.29, 0.717) is 11.7 Å². The molecule has 1 aromatic carbocycles. The van der Waals surface area contributed by atoms with Gasteiger partial charge in [0, 0.05) is 5.56 Å². The van der Waals surface area contributed by atoms with Gasteiger partial charge in [-0.3, -0.25) is 4.79 Å². The molecule has 22 heavy (non-hydrogen) atoms. The zero-order valence-corrected chi connectivity index (χ0v) is 12.5. The summed E-state index contributed by atoms with van der Waals surface area (Å²) in [7, 11) is 0. The summed E-state index contributed by atoms with van der Waals surface area (Å²) < 4.78 is 5.95. The summed E-state index contributed by atoms with van der Waals surface area (Å²) in [6.45, 7) is 1.82. The van der Waals surface area contributed by atoms with Crippen molar-refractivity contribution < 1.29 is 9.53 Å². The van der Waals surface area contributed by atoms with Gasteiger partial charge in [-0.25, -0.2) is 0 Å². The van der Waals surface area contributed by atoms with Gasteiger partial charge in [0.15, 0.2) is 11.5 Å². The van der Waals surface area contributed by atoms with Crippen molar-refractivity contribution in [2.24, 2.45) is 5.92 Å². The molecule has 0 radical (unpaired) electrons. The Balaban J connectivity index is 1.66. The fourth-order valence-corrected chi connectivity index (χ4v) is 2.95. The summed E-state index contributed by atoms with van der Waals surface area (Å²) in [4.78, 5) is 12.4. The maximum Gasteiger partial charge on any atom is 0.291 e. The largest absolute Gasteiger partial charge is 0.449 e. The molecule has 0 unspecified atom stereocenters. The fraction of sp³-hybridized carbons (Fsp3) is 0.389. The summed E-state index contributed by atoms with van der Waals surface area (Å²) >= 11 is 0. The lowest BCUT2D eigenvalue weighted by molar-refractivity contribution is -0.115. The molecule has 0 spiro atoms. The van der Waals surface area contributed by atoms with Crippen molar-refractivity contribution in [3.63, 3.8) is 0 Å². The van der Waals surface area contributed by atoms with Crippen LogP contribution in [0.2, 0.25) is 0 Å². The molecule has 2 fully saturated rings. The third-order valence-electron chi connectivity index (χ3n) is 4.41. The summed E-state index contributed by atoms with van der Waals surface area (Å²) in [5.74, 6) is 1.84. The van der Waals surface area contributed by atoms with Gasteiger partial charge in [0.2, 0.25) is 0 Å². The number of ether oxygens (including phenoxy) is 1. The summed E-state index contributed by atoms with van der Waals surface area (Å²) in [6, 6.07) is 5.92. The molecule has 0 atom stereocenters. The quantitative estimate of drug-likeness (QED) is 0.825. The highest BCUT2D eigenvalue weighted by Crippen LogP contribution is 2.37. The normalized spacial score (nSPS) is 21.5. The second-order valence-electron chi connectivity index (χ2n) is 6.16. The van der Waals surface area contributed by atoms with Crippen molar-refractivity contribution in [3.05, 3.63) is 41.2 Å². The molecule has 114 valence electrons. The summed E-state index contributed by atoms with van der Waals surface area (Å²) in [5.41, 5.74) is 2.93. The Bertz CT molecular complexity index is 664. The molecule has 1 aliphatic carbocycles. The van der Waals surface area contributed by atoms with Gasteiger partial charge in [-0.15, -0.1) is 0 Å². The number of nitrogens with one attached hydrogen (secondary N) is 2. The van der Waals surface area contributed by atoms with Crippen molar-refractivity contribution >= 4 is 17.7 Å². The van der Waals surface area contributed by atoms with Crippen molar-refractivity contribution in [2.75, 3.05) is 18.4 Å². The van der Waals surface area contributed by atoms with E-state index in [4.69, 9.17) is 4.74 Å². The lowest BCUT2D eigenvalue weighted by atomic mass is 10.0. The number of para-hydroxylation sites is 1. The van der Waals surface area contributed by atoms with E-state index < -0.39 is 0 Å². The van der Waals surface area contributed by atoms with E-state index in [2.05, 4.69) is 22.8 Å². The number of allylic oxidation sites excluding steroid dienone is 1. The average Bonchev–Trinajstić information content (AvgIpc) is 3.37. The predicted molar refractivity (Wildman–Crippen MR) is 86.6 cm³/mol. The first kappa shape index (κ1) is 13.6. The minimum Gasteiger partial charge on any atom is -0.449 e. The maximum absolute atomic E-state index is 12.4. The minimum atomic E-state index is -0.114. The van der Waals surface area contributed by atoms with Gasteiger partial charge in [-0.1, -0.05) is 24.3 Å². The number of benzene rings is 1. The van der Waals surface area contributed by atoms with Crippen LogP contribution in [0.15, 0.2) is 35.6 Å². The standard InChI is InChI=1S/C18H20N2O2/c21-18-17(14-8-10-19-11-9-14)22-15-3-1-2-13(16(15)20-18)7-6-12-4-5-12/h1-3,6-7,12,19H,4-5,8-11H2,(H,20,21)/b7-6+. The highest BCUT2D eigenvalue weighted by atomic mass is 16.5. The third kappa shape index (κ3) is 2.66. The summed E-state index contributed by atoms with van der Waals surface area (Å²) in [5, 5.41) is 6.33. The lowest BCUT2D eigenvalue weighted by Crippen LogP contribution is -2.30. The smallest absolute Gasteiger partial charge is 0.291 e. The Hall–Kier alpha value is -2.07. The minimum absolute atomic E-state index is 0.114. The number of carbonyl (C=O) groups excluding carboxylic acids is 1. The second-order valence-corrected chi connectivity index (χ2v) is 6.16. The van der Waals surface area contributed by atoms with Crippen LogP contribution in [0.4, 0.5) is 5.69 Å². The highest BCUT2D eigenvalue weighted by molar-refractivity contribution is 6.07. The number of hydrogen-bond acceptors (Lipinski definition) is 3. The SMILES string of the molecule is O=C1Nc2c(/C=C/C3CC3)cccc2OC1=C1CCNCC1. The van der Waals surface area contributed by atoms with Crippen LogP contribution < -0.4 is 15.4 Å². The molecule has 1 saturated heterocycles. The van der Waals surface area contributed by atoms with Crippen LogP contribution in [-0.2, 0) is 4.79 Å². The molecule has 0 bridgehead atoms. The third-order valence-corrected chi connectivity index (χ3v) is 4.41. The van der Waals surface area contributed by atoms with E-state index in [1.54, 1.807) is 0 Å². The molecular weight excluding hydrogens is 276 g/mol. The first-order chi connectivity index (χ1) is 10.8. The molecule has 1 amide bonds. The monoisotopic (exact) mass is 296 g/mol. The molecular formula is C18H20N2O2. The molecule has 2 heterocycles. The number of rotatable bonds is 2. The Kier molecular flexibility index (Phi) is 3.47. The Morgan fingerprint density at radius 3 is 2.77 bits per heavy atom. The van der Waals surface area contributed by atoms with Gasteiger partial charge in [0.05, 0.1) is 5.69 Å². The van der Waals surface area contributed by atoms with E-state index in [0.717, 1.165) is 48.5 Å². The molecule has 4 rings (SSSR count). The van der Waals surface area contributed by atoms with Crippen molar-refractivity contribution in [2.45, 2.75) is 25.7 Å². The number of piperidine rings is 1. The van der Waals surface area contributed by atoms with Crippen LogP contribution in [-0.4, -0.2) is 19.0 Å². The number of anilines is 1. The van der Waals surface area contributed by atoms with Crippen LogP contribution in [0.3, 0.4) is 0 Å². The first-order valence-electron chi connectivity index (χ1n) is 8.04. The van der Waals surface area contributed by atoms with Gasteiger partial charge in [-0.05, 0) is 56.3 Å². The number of hydrogen-bond donors (Lipinski definition) is 2. The lowest BCUT2D eigenvalue weighted by Gasteiger charge is -2.25. The van der Waals surface area contributed by atoms with Gasteiger partial charge < -0.3 is 15.4 Å². The molecule has 1 saturated carbocycles. The molecule has 3 aliphatic rings. The first-order valence-corrected chi connectivity index (χ1v) is 8.04. The fourth-order valence-electron chi connectivity index (χ4n) is 2.95. The maximum atomic E-state index is 12.4. The topological polar surface area (TPSA) is 50.4 Å². The van der Waals surface area contributed by atoms with Crippen molar-refractivity contribution in [1.82, 2.24) is 5.32 Å². The number of amides is 1. The molecule has 4 heteroatoms. The number of carbonyl (C=O) groups is 1. The summed E-state index contributed by atoms with van der Waals surface area (Å²) in [6.07, 6.45) is 8.63. The van der Waals surface area contributed by atoms with Crippen molar-refractivity contribution in [1.29, 1.82) is 0 Å². The zero-order valence-electron chi connectivity index (χ0n) is 12.5. The Morgan fingerprint density at radius 2 is 2.00 bits per heavy atom. The van der Waals surface area contributed by atoms with Crippen LogP contribution in [0.25, 0.3) is 6.08 Å². The van der Waals surface area contributed by atoms with Crippen LogP contribution in [0.1, 0.15) is 31.2 Å². The molecule has 4 nitrogen and oxygen atoms in total. The molecule has 2 aliphatic heterocycles. The second kappa shape index (κ2) is 5.61. The Labute approximate surface area is 130 Å². The van der Waals surface area contributed by atoms with Crippen molar-refractivity contribution in [3.8, 4) is 5.75 Å². The Morgan fingerprint density at radius 1 is 1.18 bits per heavy atom. The molecule has 2 N–H and O–H groups in total. The van der Waals surface area contributed by atoms with E-state index in [1.807, 2.05) is 18.2 Å². The van der Waals surface area contributed by atoms with Gasteiger partial charge in [0.25, 0.3) is 5.91 Å². The van der Waals surface area contributed by atoms with E-state index in [9.17, 15) is 4.79 Å². The molecule has 1 aromatic rings. The van der Waals surface area contributed by atoms with Crippen LogP contribution in [0.5, 0.6) is 5.75 Å². The average molecular weight is 296 g/mol. The zero-order chi connectivity index (χ0) is 14.9. The van der Waals surface area contributed by atoms with Gasteiger partial charge in [-0.2, -0.15) is 0 Å². The van der Waals surface area contributed by atoms with Gasteiger partial charge in [0.1, 0.15) is 0 Å².